The lowest BCUT2D eigenvalue weighted by atomic mass is 9.96. The number of nitro groups is 1. The van der Waals surface area contributed by atoms with E-state index in [-0.39, 0.29) is 28.2 Å². The second-order valence-electron chi connectivity index (χ2n) is 8.83. The fourth-order valence-corrected chi connectivity index (χ4v) is 4.50. The van der Waals surface area contributed by atoms with Crippen molar-refractivity contribution in [1.29, 1.82) is 5.26 Å². The fourth-order valence-electron chi connectivity index (χ4n) is 4.33. The van der Waals surface area contributed by atoms with Crippen molar-refractivity contribution in [2.24, 2.45) is 0 Å². The average molecular weight is 507 g/mol. The summed E-state index contributed by atoms with van der Waals surface area (Å²) in [5, 5.41) is 23.9. The normalized spacial score (nSPS) is 14.4. The maximum absolute atomic E-state index is 11.0. The van der Waals surface area contributed by atoms with E-state index in [1.807, 2.05) is 13.1 Å². The molecule has 4 rings (SSSR count). The first-order chi connectivity index (χ1) is 17.4. The first kappa shape index (κ1) is 25.4. The molecule has 9 nitrogen and oxygen atoms in total. The highest BCUT2D eigenvalue weighted by molar-refractivity contribution is 6.28. The molecule has 3 aromatic rings. The number of nitriles is 1. The smallest absolute Gasteiger partial charge is 0.273 e. The predicted octanol–water partition coefficient (Wildman–Crippen LogP) is 4.72. The number of aryl methyl sites for hydroxylation is 1. The lowest BCUT2D eigenvalue weighted by molar-refractivity contribution is -0.384. The Morgan fingerprint density at radius 3 is 2.75 bits per heavy atom. The summed E-state index contributed by atoms with van der Waals surface area (Å²) in [6.07, 6.45) is 1.86. The highest BCUT2D eigenvalue weighted by Gasteiger charge is 2.29. The van der Waals surface area contributed by atoms with Gasteiger partial charge in [-0.15, -0.1) is 0 Å². The minimum absolute atomic E-state index is 0.109. The maximum atomic E-state index is 11.0. The van der Waals surface area contributed by atoms with Crippen molar-refractivity contribution < 1.29 is 9.66 Å². The van der Waals surface area contributed by atoms with Crippen LogP contribution in [-0.4, -0.2) is 53.1 Å². The van der Waals surface area contributed by atoms with Gasteiger partial charge in [0.1, 0.15) is 24.2 Å². The van der Waals surface area contributed by atoms with E-state index in [9.17, 15) is 15.4 Å². The van der Waals surface area contributed by atoms with Crippen molar-refractivity contribution in [3.05, 3.63) is 85.8 Å². The van der Waals surface area contributed by atoms with E-state index in [0.717, 1.165) is 29.9 Å². The van der Waals surface area contributed by atoms with Crippen LogP contribution < -0.4 is 10.1 Å². The van der Waals surface area contributed by atoms with Gasteiger partial charge in [0.15, 0.2) is 0 Å². The van der Waals surface area contributed by atoms with Crippen molar-refractivity contribution in [2.45, 2.75) is 25.7 Å². The van der Waals surface area contributed by atoms with E-state index in [1.165, 1.54) is 29.3 Å². The fraction of sp³-hybridized carbons (Fsp3) is 0.346. The molecule has 1 aromatic heterocycles. The van der Waals surface area contributed by atoms with Crippen LogP contribution in [0.25, 0.3) is 0 Å². The van der Waals surface area contributed by atoms with Gasteiger partial charge < -0.3 is 15.0 Å². The molecule has 1 aliphatic rings. The number of rotatable bonds is 10. The Balaban J connectivity index is 1.31. The lowest BCUT2D eigenvalue weighted by Gasteiger charge is -2.18. The number of hydrogen-bond acceptors (Lipinski definition) is 8. The Bertz CT molecular complexity index is 1290. The van der Waals surface area contributed by atoms with Crippen LogP contribution in [0.1, 0.15) is 40.3 Å². The van der Waals surface area contributed by atoms with Crippen LogP contribution in [-0.2, 0) is 6.42 Å². The van der Waals surface area contributed by atoms with Gasteiger partial charge in [-0.2, -0.15) is 5.26 Å². The van der Waals surface area contributed by atoms with E-state index >= 15 is 0 Å². The zero-order valence-electron chi connectivity index (χ0n) is 20.2. The van der Waals surface area contributed by atoms with Crippen LogP contribution in [0.3, 0.4) is 0 Å². The number of ether oxygens (including phenoxy) is 1. The molecule has 0 spiro atoms. The molecule has 0 bridgehead atoms. The van der Waals surface area contributed by atoms with Gasteiger partial charge in [0.25, 0.3) is 5.69 Å². The molecule has 36 heavy (non-hydrogen) atoms. The summed E-state index contributed by atoms with van der Waals surface area (Å²) in [5.41, 5.74) is 4.73. The summed E-state index contributed by atoms with van der Waals surface area (Å²) in [6.45, 7) is 4.30. The summed E-state index contributed by atoms with van der Waals surface area (Å²) in [6, 6.07) is 14.5. The van der Waals surface area contributed by atoms with Gasteiger partial charge in [0.2, 0.25) is 5.28 Å². The van der Waals surface area contributed by atoms with Crippen molar-refractivity contribution in [3.63, 3.8) is 0 Å². The second-order valence-corrected chi connectivity index (χ2v) is 9.17. The van der Waals surface area contributed by atoms with Crippen LogP contribution in [0, 0.1) is 28.4 Å². The summed E-state index contributed by atoms with van der Waals surface area (Å²) in [4.78, 5) is 21.6. The van der Waals surface area contributed by atoms with Gasteiger partial charge in [-0.25, -0.2) is 9.97 Å². The average Bonchev–Trinajstić information content (AvgIpc) is 3.28. The van der Waals surface area contributed by atoms with E-state index < -0.39 is 4.92 Å². The summed E-state index contributed by atoms with van der Waals surface area (Å²) in [5.74, 6) is 1.21. The number of hydrogen-bond donors (Lipinski definition) is 1. The van der Waals surface area contributed by atoms with Gasteiger partial charge in [0.05, 0.1) is 22.2 Å². The molecular formula is C26H27ClN6O3. The third kappa shape index (κ3) is 5.90. The van der Waals surface area contributed by atoms with E-state index in [2.05, 4.69) is 51.4 Å². The van der Waals surface area contributed by atoms with Crippen LogP contribution in [0.5, 0.6) is 5.75 Å². The molecule has 0 saturated carbocycles. The largest absolute Gasteiger partial charge is 0.491 e. The number of non-ortho nitro benzene ring substituents is 1. The number of nitrogens with zero attached hydrogens (tertiary/aromatic N) is 5. The van der Waals surface area contributed by atoms with E-state index in [4.69, 9.17) is 16.3 Å². The highest BCUT2D eigenvalue weighted by atomic mass is 35.5. The van der Waals surface area contributed by atoms with Gasteiger partial charge in [0, 0.05) is 37.2 Å². The number of aromatic nitrogens is 2. The van der Waals surface area contributed by atoms with Crippen molar-refractivity contribution in [3.8, 4) is 11.8 Å². The first-order valence-electron chi connectivity index (χ1n) is 11.7. The standard InChI is InChI=1S/C26H27ClN6O3/c1-17-3-5-18(6-4-17)21-9-10-22-24(21)30-26(27)31-25(22)29-11-12-32(2)13-14-36-23-15-20(33(34)35)8-7-19(23)16-28/h3-8,15,21H,9-14H2,1-2H3,(H,29,30,31). The van der Waals surface area contributed by atoms with E-state index in [0.29, 0.717) is 26.2 Å². The van der Waals surface area contributed by atoms with Crippen LogP contribution in [0.15, 0.2) is 42.5 Å². The molecule has 1 aliphatic carbocycles. The zero-order chi connectivity index (χ0) is 25.7. The Kier molecular flexibility index (Phi) is 7.98. The number of nitro benzene ring substituents is 1. The van der Waals surface area contributed by atoms with Crippen LogP contribution in [0.2, 0.25) is 5.28 Å². The topological polar surface area (TPSA) is 117 Å². The molecule has 1 atom stereocenters. The monoisotopic (exact) mass is 506 g/mol. The Labute approximate surface area is 214 Å². The van der Waals surface area contributed by atoms with Crippen molar-refractivity contribution in [1.82, 2.24) is 14.9 Å². The van der Waals surface area contributed by atoms with Crippen molar-refractivity contribution >= 4 is 23.1 Å². The van der Waals surface area contributed by atoms with Gasteiger partial charge in [-0.3, -0.25) is 10.1 Å². The predicted molar refractivity (Wildman–Crippen MR) is 138 cm³/mol. The second kappa shape index (κ2) is 11.3. The number of benzene rings is 2. The van der Waals surface area contributed by atoms with Crippen LogP contribution in [0.4, 0.5) is 11.5 Å². The Hall–Kier alpha value is -3.74. The maximum Gasteiger partial charge on any atom is 0.273 e. The molecule has 186 valence electrons. The summed E-state index contributed by atoms with van der Waals surface area (Å²) in [7, 11) is 1.95. The minimum atomic E-state index is -0.509. The summed E-state index contributed by atoms with van der Waals surface area (Å²) < 4.78 is 5.66. The van der Waals surface area contributed by atoms with Gasteiger partial charge >= 0.3 is 0 Å². The molecular weight excluding hydrogens is 480 g/mol. The molecule has 0 aliphatic heterocycles. The van der Waals surface area contributed by atoms with Gasteiger partial charge in [-0.05, 0) is 50.0 Å². The first-order valence-corrected chi connectivity index (χ1v) is 12.1. The molecule has 1 unspecified atom stereocenters. The molecule has 0 saturated heterocycles. The van der Waals surface area contributed by atoms with Crippen molar-refractivity contribution in [2.75, 3.05) is 38.6 Å². The molecule has 1 heterocycles. The minimum Gasteiger partial charge on any atom is -0.491 e. The summed E-state index contributed by atoms with van der Waals surface area (Å²) >= 11 is 6.28. The van der Waals surface area contributed by atoms with E-state index in [1.54, 1.807) is 0 Å². The third-order valence-corrected chi connectivity index (χ3v) is 6.49. The number of likely N-dealkylation sites (N-methyl/N-ethyl adjacent to an activating group) is 1. The highest BCUT2D eigenvalue weighted by Crippen LogP contribution is 2.40. The number of anilines is 1. The lowest BCUT2D eigenvalue weighted by Crippen LogP contribution is -2.29. The SMILES string of the molecule is Cc1ccc(C2CCc3c(NCCN(C)CCOc4cc([N+](=O)[O-])ccc4C#N)nc(Cl)nc32)cc1. The van der Waals surface area contributed by atoms with Gasteiger partial charge in [-0.1, -0.05) is 29.8 Å². The van der Waals surface area contributed by atoms with Crippen LogP contribution >= 0.6 is 11.6 Å². The Morgan fingerprint density at radius 1 is 1.25 bits per heavy atom. The molecule has 0 amide bonds. The quantitative estimate of drug-likeness (QED) is 0.238. The molecule has 1 N–H and O–H groups in total. The number of fused-ring (bicyclic) bond motifs is 1. The Morgan fingerprint density at radius 2 is 2.03 bits per heavy atom. The molecule has 2 aromatic carbocycles. The molecule has 0 radical (unpaired) electrons. The number of nitrogens with one attached hydrogen (secondary N) is 1. The molecule has 10 heteroatoms. The third-order valence-electron chi connectivity index (χ3n) is 6.32. The molecule has 0 fully saturated rings. The zero-order valence-corrected chi connectivity index (χ0v) is 21.0. The number of halogens is 1.